The van der Waals surface area contributed by atoms with Gasteiger partial charge in [-0.3, -0.25) is 0 Å². The Kier molecular flexibility index (Phi) is 28.5. The number of hydrogen-bond donors (Lipinski definition) is 0. The van der Waals surface area contributed by atoms with Gasteiger partial charge in [-0.05, 0) is 0 Å². The fourth-order valence-electron chi connectivity index (χ4n) is 5.73. The molecule has 6 aliphatic rings. The minimum atomic E-state index is 1.50. The van der Waals surface area contributed by atoms with Crippen LogP contribution in [-0.2, 0) is 0 Å². The van der Waals surface area contributed by atoms with Gasteiger partial charge in [-0.25, -0.2) is 0 Å². The van der Waals surface area contributed by atoms with Crippen molar-refractivity contribution in [3.63, 3.8) is 0 Å². The molecule has 0 heterocycles. The highest BCUT2D eigenvalue weighted by molar-refractivity contribution is 4.54. The van der Waals surface area contributed by atoms with Crippen LogP contribution >= 0.6 is 0 Å². The van der Waals surface area contributed by atoms with Crippen LogP contribution in [0.3, 0.4) is 0 Å². The van der Waals surface area contributed by atoms with Crippen molar-refractivity contribution in [2.24, 2.45) is 0 Å². The normalized spacial score (nSPS) is 24.0. The molecule has 0 amide bonds. The molecule has 6 aliphatic carbocycles. The maximum Gasteiger partial charge on any atom is -0.0533 e. The maximum absolute atomic E-state index is 1.50. The van der Waals surface area contributed by atoms with Crippen molar-refractivity contribution in [3.05, 3.63) is 0 Å². The van der Waals surface area contributed by atoms with Gasteiger partial charge in [0.2, 0.25) is 0 Å². The molecule has 0 N–H and O–H groups in total. The Labute approximate surface area is 224 Å². The van der Waals surface area contributed by atoms with E-state index in [1.165, 1.54) is 225 Å². The predicted octanol–water partition coefficient (Wildman–Crippen LogP) is 13.7. The standard InChI is InChI=1S/C8H16.C7H14.C6H12.2C5H10.C4H8/c1-2-4-6-8-7-5-3-1;1-2-4-6-7-5-3-1;1-2-4-6-5-3-1;2*1-2-4-5-3-1;1-2-4-3-1/h1-8H2;1-7H2;1-6H2;2*1-5H2;1-4H2. The Morgan fingerprint density at radius 2 is 0.0857 bits per heavy atom. The third-order valence-corrected chi connectivity index (χ3v) is 8.75. The van der Waals surface area contributed by atoms with Crippen molar-refractivity contribution < 1.29 is 0 Å². The van der Waals surface area contributed by atoms with E-state index in [-0.39, 0.29) is 0 Å². The fourth-order valence-corrected chi connectivity index (χ4v) is 5.73. The van der Waals surface area contributed by atoms with E-state index in [2.05, 4.69) is 0 Å². The van der Waals surface area contributed by atoms with Gasteiger partial charge in [0, 0.05) is 0 Å². The Morgan fingerprint density at radius 1 is 0.0571 bits per heavy atom. The van der Waals surface area contributed by atoms with Crippen LogP contribution in [0.25, 0.3) is 0 Å². The third-order valence-electron chi connectivity index (χ3n) is 8.75. The van der Waals surface area contributed by atoms with E-state index in [9.17, 15) is 0 Å². The summed E-state index contributed by atoms with van der Waals surface area (Å²) in [7, 11) is 0. The Morgan fingerprint density at radius 3 is 0.114 bits per heavy atom. The minimum Gasteiger partial charge on any atom is -0.0533 e. The first-order chi connectivity index (χ1) is 17.5. The minimum absolute atomic E-state index is 1.50. The summed E-state index contributed by atoms with van der Waals surface area (Å²) in [6.45, 7) is 0. The van der Waals surface area contributed by atoms with Gasteiger partial charge in [-0.15, -0.1) is 0 Å². The lowest BCUT2D eigenvalue weighted by molar-refractivity contribution is 0.504. The summed E-state index contributed by atoms with van der Waals surface area (Å²) in [6, 6.07) is 0. The second kappa shape index (κ2) is 30.2. The molecule has 0 aromatic carbocycles. The number of rotatable bonds is 0. The quantitative estimate of drug-likeness (QED) is 0.296. The molecule has 6 rings (SSSR count). The van der Waals surface area contributed by atoms with Crippen LogP contribution in [0.2, 0.25) is 0 Å². The van der Waals surface area contributed by atoms with E-state index in [0.717, 1.165) is 0 Å². The maximum atomic E-state index is 1.50. The van der Waals surface area contributed by atoms with Crippen molar-refractivity contribution in [2.45, 2.75) is 225 Å². The highest BCUT2D eigenvalue weighted by Crippen LogP contribution is 2.18. The summed E-state index contributed by atoms with van der Waals surface area (Å²) in [6.07, 6.45) is 52.5. The van der Waals surface area contributed by atoms with E-state index in [1.807, 2.05) is 0 Å². The molecular formula is C35H70. The van der Waals surface area contributed by atoms with E-state index in [0.29, 0.717) is 0 Å². The first-order valence-corrected chi connectivity index (χ1v) is 17.5. The van der Waals surface area contributed by atoms with Gasteiger partial charge >= 0.3 is 0 Å². The molecule has 210 valence electrons. The smallest absolute Gasteiger partial charge is 0.0533 e. The van der Waals surface area contributed by atoms with Crippen molar-refractivity contribution in [2.75, 3.05) is 0 Å². The van der Waals surface area contributed by atoms with Crippen LogP contribution in [0.4, 0.5) is 0 Å². The van der Waals surface area contributed by atoms with Crippen LogP contribution in [0.1, 0.15) is 225 Å². The van der Waals surface area contributed by atoms with Gasteiger partial charge in [0.15, 0.2) is 0 Å². The molecule has 0 heteroatoms. The molecular weight excluding hydrogens is 420 g/mol. The molecule has 0 unspecified atom stereocenters. The lowest BCUT2D eigenvalue weighted by atomic mass is 10.0. The Hall–Kier alpha value is 0. The average molecular weight is 491 g/mol. The Bertz CT molecular complexity index is 259. The summed E-state index contributed by atoms with van der Waals surface area (Å²) in [5.74, 6) is 0. The van der Waals surface area contributed by atoms with E-state index < -0.39 is 0 Å². The SMILES string of the molecule is C1CCC1.C1CCCC1.C1CCCC1.C1CCCCC1.C1CCCCCC1.C1CCCCCCC1. The van der Waals surface area contributed by atoms with E-state index in [4.69, 9.17) is 0 Å². The summed E-state index contributed by atoms with van der Waals surface area (Å²) in [5, 5.41) is 0. The summed E-state index contributed by atoms with van der Waals surface area (Å²) < 4.78 is 0. The molecule has 0 aromatic heterocycles. The van der Waals surface area contributed by atoms with Crippen molar-refractivity contribution in [1.29, 1.82) is 0 Å². The second-order valence-corrected chi connectivity index (χ2v) is 12.4. The first kappa shape index (κ1) is 33.0. The van der Waals surface area contributed by atoms with Crippen LogP contribution in [0.5, 0.6) is 0 Å². The molecule has 0 bridgehead atoms. The molecule has 6 saturated carbocycles. The number of hydrogen-bond acceptors (Lipinski definition) is 0. The molecule has 0 nitrogen and oxygen atoms in total. The molecule has 0 radical (unpaired) electrons. The summed E-state index contributed by atoms with van der Waals surface area (Å²) in [5.41, 5.74) is 0. The lowest BCUT2D eigenvalue weighted by Gasteiger charge is -2.05. The highest BCUT2D eigenvalue weighted by atomic mass is 14.0. The van der Waals surface area contributed by atoms with Crippen molar-refractivity contribution in [1.82, 2.24) is 0 Å². The molecule has 0 spiro atoms. The predicted molar refractivity (Wildman–Crippen MR) is 162 cm³/mol. The summed E-state index contributed by atoms with van der Waals surface area (Å²) in [4.78, 5) is 0. The molecule has 6 fully saturated rings. The lowest BCUT2D eigenvalue weighted by Crippen LogP contribution is -1.85. The average Bonchev–Trinajstić information content (AvgIpc) is 3.56. The van der Waals surface area contributed by atoms with Gasteiger partial charge in [0.1, 0.15) is 0 Å². The fraction of sp³-hybridized carbons (Fsp3) is 1.00. The zero-order valence-electron chi connectivity index (χ0n) is 24.7. The van der Waals surface area contributed by atoms with Crippen LogP contribution in [-0.4, -0.2) is 0 Å². The molecule has 0 aromatic rings. The van der Waals surface area contributed by atoms with Crippen LogP contribution < -0.4 is 0 Å². The summed E-state index contributed by atoms with van der Waals surface area (Å²) >= 11 is 0. The van der Waals surface area contributed by atoms with E-state index in [1.54, 1.807) is 0 Å². The molecule has 35 heavy (non-hydrogen) atoms. The zero-order valence-corrected chi connectivity index (χ0v) is 24.7. The Balaban J connectivity index is 0.000000213. The van der Waals surface area contributed by atoms with Gasteiger partial charge < -0.3 is 0 Å². The zero-order chi connectivity index (χ0) is 24.7. The van der Waals surface area contributed by atoms with Gasteiger partial charge in [-0.1, -0.05) is 225 Å². The van der Waals surface area contributed by atoms with Gasteiger partial charge in [0.25, 0.3) is 0 Å². The molecule has 0 saturated heterocycles. The largest absolute Gasteiger partial charge is 0.0533 e. The first-order valence-electron chi connectivity index (χ1n) is 17.5. The van der Waals surface area contributed by atoms with Gasteiger partial charge in [-0.2, -0.15) is 0 Å². The highest BCUT2D eigenvalue weighted by Gasteiger charge is 1.98. The molecule has 0 aliphatic heterocycles. The van der Waals surface area contributed by atoms with Crippen LogP contribution in [0.15, 0.2) is 0 Å². The van der Waals surface area contributed by atoms with E-state index >= 15 is 0 Å². The third kappa shape index (κ3) is 28.4. The van der Waals surface area contributed by atoms with Gasteiger partial charge in [0.05, 0.1) is 0 Å². The van der Waals surface area contributed by atoms with Crippen LogP contribution in [0, 0.1) is 0 Å². The monoisotopic (exact) mass is 491 g/mol. The topological polar surface area (TPSA) is 0 Å². The molecule has 0 atom stereocenters. The second-order valence-electron chi connectivity index (χ2n) is 12.4. The van der Waals surface area contributed by atoms with Crippen molar-refractivity contribution in [3.8, 4) is 0 Å². The van der Waals surface area contributed by atoms with Crippen molar-refractivity contribution >= 4 is 0 Å².